The molecule has 3 heteroatoms. The number of phenols is 1. The number of nitrogens with one attached hydrogen (secondary N) is 1. The van der Waals surface area contributed by atoms with E-state index in [4.69, 9.17) is 0 Å². The Bertz CT molecular complexity index is 783. The zero-order valence-electron chi connectivity index (χ0n) is 11.9. The summed E-state index contributed by atoms with van der Waals surface area (Å²) in [6, 6.07) is 23.5. The number of hydrogen-bond acceptors (Lipinski definition) is 3. The van der Waals surface area contributed by atoms with Gasteiger partial charge in [0.15, 0.2) is 5.78 Å². The molecule has 0 aliphatic carbocycles. The Morgan fingerprint density at radius 3 is 2.05 bits per heavy atom. The number of benzene rings is 3. The van der Waals surface area contributed by atoms with Gasteiger partial charge in [0.25, 0.3) is 0 Å². The lowest BCUT2D eigenvalue weighted by Gasteiger charge is -2.09. The standard InChI is InChI=1S/C19H15NO2/c21-18-13-16(20-15-9-5-2-6-10-15)11-12-17(18)19(22)14-7-3-1-4-8-14/h1-13,20-21H. The number of carbonyl (C=O) groups excluding carboxylic acids is 1. The maximum atomic E-state index is 12.4. The molecule has 22 heavy (non-hydrogen) atoms. The van der Waals surface area contributed by atoms with Gasteiger partial charge in [-0.1, -0.05) is 48.5 Å². The second kappa shape index (κ2) is 6.14. The third kappa shape index (κ3) is 2.99. The van der Waals surface area contributed by atoms with E-state index in [1.54, 1.807) is 42.5 Å². The van der Waals surface area contributed by atoms with Crippen LogP contribution in [-0.4, -0.2) is 10.9 Å². The van der Waals surface area contributed by atoms with Crippen molar-refractivity contribution in [1.82, 2.24) is 0 Å². The van der Waals surface area contributed by atoms with Crippen LogP contribution in [0.2, 0.25) is 0 Å². The Labute approximate surface area is 128 Å². The lowest BCUT2D eigenvalue weighted by atomic mass is 10.0. The van der Waals surface area contributed by atoms with E-state index in [0.717, 1.165) is 11.4 Å². The predicted octanol–water partition coefficient (Wildman–Crippen LogP) is 4.37. The highest BCUT2D eigenvalue weighted by molar-refractivity contribution is 6.10. The fourth-order valence-corrected chi connectivity index (χ4v) is 2.23. The minimum Gasteiger partial charge on any atom is -0.507 e. The van der Waals surface area contributed by atoms with E-state index >= 15 is 0 Å². The summed E-state index contributed by atoms with van der Waals surface area (Å²) >= 11 is 0. The van der Waals surface area contributed by atoms with Crippen molar-refractivity contribution in [2.75, 3.05) is 5.32 Å². The summed E-state index contributed by atoms with van der Waals surface area (Å²) < 4.78 is 0. The van der Waals surface area contributed by atoms with Crippen molar-refractivity contribution in [3.63, 3.8) is 0 Å². The van der Waals surface area contributed by atoms with Gasteiger partial charge in [0.05, 0.1) is 5.56 Å². The first kappa shape index (κ1) is 13.9. The maximum Gasteiger partial charge on any atom is 0.196 e. The van der Waals surface area contributed by atoms with Crippen molar-refractivity contribution in [3.05, 3.63) is 90.0 Å². The van der Waals surface area contributed by atoms with Gasteiger partial charge in [-0.25, -0.2) is 0 Å². The predicted molar refractivity (Wildman–Crippen MR) is 87.7 cm³/mol. The second-order valence-corrected chi connectivity index (χ2v) is 4.92. The molecule has 0 radical (unpaired) electrons. The SMILES string of the molecule is O=C(c1ccccc1)c1ccc(Nc2ccccc2)cc1O. The van der Waals surface area contributed by atoms with E-state index < -0.39 is 0 Å². The Balaban J connectivity index is 1.85. The number of ketones is 1. The average molecular weight is 289 g/mol. The average Bonchev–Trinajstić information content (AvgIpc) is 2.56. The molecule has 0 amide bonds. The zero-order valence-corrected chi connectivity index (χ0v) is 11.9. The summed E-state index contributed by atoms with van der Waals surface area (Å²) in [7, 11) is 0. The summed E-state index contributed by atoms with van der Waals surface area (Å²) in [5.41, 5.74) is 2.50. The molecule has 0 aliphatic heterocycles. The normalized spacial score (nSPS) is 10.2. The van der Waals surface area contributed by atoms with Gasteiger partial charge in [-0.15, -0.1) is 0 Å². The lowest BCUT2D eigenvalue weighted by Crippen LogP contribution is -2.02. The van der Waals surface area contributed by atoms with Crippen LogP contribution in [0.5, 0.6) is 5.75 Å². The van der Waals surface area contributed by atoms with Crippen LogP contribution in [0.3, 0.4) is 0 Å². The largest absolute Gasteiger partial charge is 0.507 e. The van der Waals surface area contributed by atoms with Gasteiger partial charge in [0.2, 0.25) is 0 Å². The van der Waals surface area contributed by atoms with E-state index in [1.165, 1.54) is 0 Å². The van der Waals surface area contributed by atoms with Crippen LogP contribution in [0, 0.1) is 0 Å². The summed E-state index contributed by atoms with van der Waals surface area (Å²) in [5, 5.41) is 13.3. The van der Waals surface area contributed by atoms with Crippen molar-refractivity contribution in [3.8, 4) is 5.75 Å². The van der Waals surface area contributed by atoms with Gasteiger partial charge < -0.3 is 10.4 Å². The number of carbonyl (C=O) groups is 1. The fraction of sp³-hybridized carbons (Fsp3) is 0. The molecule has 3 rings (SSSR count). The quantitative estimate of drug-likeness (QED) is 0.701. The Morgan fingerprint density at radius 2 is 1.41 bits per heavy atom. The number of hydrogen-bond donors (Lipinski definition) is 2. The molecule has 0 saturated carbocycles. The molecule has 3 nitrogen and oxygen atoms in total. The molecule has 0 fully saturated rings. The van der Waals surface area contributed by atoms with Gasteiger partial charge in [0.1, 0.15) is 5.75 Å². The van der Waals surface area contributed by atoms with Gasteiger partial charge in [0, 0.05) is 23.0 Å². The highest BCUT2D eigenvalue weighted by Crippen LogP contribution is 2.26. The van der Waals surface area contributed by atoms with Crippen LogP contribution in [0.15, 0.2) is 78.9 Å². The first-order valence-corrected chi connectivity index (χ1v) is 6.99. The number of phenolic OH excluding ortho intramolecular Hbond substituents is 1. The van der Waals surface area contributed by atoms with Gasteiger partial charge in [-0.3, -0.25) is 4.79 Å². The molecule has 108 valence electrons. The summed E-state index contributed by atoms with van der Waals surface area (Å²) in [5.74, 6) is -0.223. The molecule has 0 unspecified atom stereocenters. The van der Waals surface area contributed by atoms with Crippen LogP contribution in [0.1, 0.15) is 15.9 Å². The van der Waals surface area contributed by atoms with E-state index in [2.05, 4.69) is 5.32 Å². The monoisotopic (exact) mass is 289 g/mol. The van der Waals surface area contributed by atoms with Gasteiger partial charge >= 0.3 is 0 Å². The van der Waals surface area contributed by atoms with Crippen LogP contribution in [0.25, 0.3) is 0 Å². The van der Waals surface area contributed by atoms with Crippen LogP contribution < -0.4 is 5.32 Å². The highest BCUT2D eigenvalue weighted by atomic mass is 16.3. The maximum absolute atomic E-state index is 12.4. The van der Waals surface area contributed by atoms with Crippen LogP contribution in [0.4, 0.5) is 11.4 Å². The molecular formula is C19H15NO2. The minimum atomic E-state index is -0.190. The minimum absolute atomic E-state index is 0.0326. The van der Waals surface area contributed by atoms with Crippen molar-refractivity contribution >= 4 is 17.2 Å². The van der Waals surface area contributed by atoms with E-state index in [0.29, 0.717) is 11.1 Å². The van der Waals surface area contributed by atoms with Gasteiger partial charge in [-0.05, 0) is 24.3 Å². The first-order valence-electron chi connectivity index (χ1n) is 6.99. The zero-order chi connectivity index (χ0) is 15.4. The van der Waals surface area contributed by atoms with Crippen molar-refractivity contribution in [2.45, 2.75) is 0 Å². The fourth-order valence-electron chi connectivity index (χ4n) is 2.23. The number of para-hydroxylation sites is 1. The third-order valence-electron chi connectivity index (χ3n) is 3.34. The number of aromatic hydroxyl groups is 1. The van der Waals surface area contributed by atoms with Crippen LogP contribution >= 0.6 is 0 Å². The number of anilines is 2. The van der Waals surface area contributed by atoms with Crippen molar-refractivity contribution in [2.24, 2.45) is 0 Å². The molecule has 0 atom stereocenters. The summed E-state index contributed by atoms with van der Waals surface area (Å²) in [4.78, 5) is 12.4. The Kier molecular flexibility index (Phi) is 3.88. The molecule has 0 aromatic heterocycles. The lowest BCUT2D eigenvalue weighted by molar-refractivity contribution is 0.103. The molecule has 0 aliphatic rings. The van der Waals surface area contributed by atoms with Crippen LogP contribution in [-0.2, 0) is 0 Å². The molecule has 0 spiro atoms. The molecule has 3 aromatic rings. The molecule has 2 N–H and O–H groups in total. The molecule has 0 heterocycles. The van der Waals surface area contributed by atoms with E-state index in [-0.39, 0.29) is 11.5 Å². The van der Waals surface area contributed by atoms with Gasteiger partial charge in [-0.2, -0.15) is 0 Å². The first-order chi connectivity index (χ1) is 10.7. The third-order valence-corrected chi connectivity index (χ3v) is 3.34. The Hall–Kier alpha value is -3.07. The highest BCUT2D eigenvalue weighted by Gasteiger charge is 2.13. The second-order valence-electron chi connectivity index (χ2n) is 4.92. The molecule has 0 saturated heterocycles. The molecular weight excluding hydrogens is 274 g/mol. The van der Waals surface area contributed by atoms with E-state index in [9.17, 15) is 9.90 Å². The summed E-state index contributed by atoms with van der Waals surface area (Å²) in [6.45, 7) is 0. The summed E-state index contributed by atoms with van der Waals surface area (Å²) in [6.07, 6.45) is 0. The molecule has 0 bridgehead atoms. The Morgan fingerprint density at radius 1 is 0.773 bits per heavy atom. The number of rotatable bonds is 4. The smallest absolute Gasteiger partial charge is 0.196 e. The topological polar surface area (TPSA) is 49.3 Å². The van der Waals surface area contributed by atoms with E-state index in [1.807, 2.05) is 36.4 Å². The van der Waals surface area contributed by atoms with Crippen molar-refractivity contribution < 1.29 is 9.90 Å². The van der Waals surface area contributed by atoms with Crippen molar-refractivity contribution in [1.29, 1.82) is 0 Å². The molecule has 3 aromatic carbocycles.